The second-order valence-corrected chi connectivity index (χ2v) is 10.4. The number of thiophene rings is 1. The number of sulfone groups is 1. The van der Waals surface area contributed by atoms with Crippen molar-refractivity contribution in [2.45, 2.75) is 36.5 Å². The second kappa shape index (κ2) is 6.73. The van der Waals surface area contributed by atoms with Crippen molar-refractivity contribution in [2.75, 3.05) is 17.3 Å². The topological polar surface area (TPSA) is 96.0 Å². The van der Waals surface area contributed by atoms with E-state index in [1.165, 1.54) is 11.8 Å². The summed E-state index contributed by atoms with van der Waals surface area (Å²) in [6.07, 6.45) is 2.49. The van der Waals surface area contributed by atoms with Gasteiger partial charge in [-0.3, -0.25) is 9.89 Å². The number of nitrogens with one attached hydrogen (secondary N) is 1. The number of rotatable bonds is 6. The number of hydrogen-bond acceptors (Lipinski definition) is 7. The largest absolute Gasteiger partial charge is 0.335 e. The van der Waals surface area contributed by atoms with E-state index in [4.69, 9.17) is 0 Å². The summed E-state index contributed by atoms with van der Waals surface area (Å²) in [4.78, 5) is 19.9. The van der Waals surface area contributed by atoms with Crippen LogP contribution in [0.5, 0.6) is 0 Å². The Bertz CT molecular complexity index is 858. The summed E-state index contributed by atoms with van der Waals surface area (Å²) >= 11 is 2.86. The number of aromatic nitrogens is 3. The SMILES string of the molecule is O=C(CSc1n[nH]c(-c2cccs2)n1)N(C1CC1)[C@@H]1CCS(=O)(=O)C1. The van der Waals surface area contributed by atoms with Gasteiger partial charge < -0.3 is 4.90 Å². The molecule has 7 nitrogen and oxygen atoms in total. The number of hydrogen-bond donors (Lipinski definition) is 1. The van der Waals surface area contributed by atoms with Gasteiger partial charge in [0.15, 0.2) is 15.7 Å². The molecule has 0 spiro atoms. The van der Waals surface area contributed by atoms with Crippen LogP contribution in [0.3, 0.4) is 0 Å². The average molecular weight is 399 g/mol. The van der Waals surface area contributed by atoms with E-state index in [1.54, 1.807) is 11.3 Å². The fourth-order valence-electron chi connectivity index (χ4n) is 3.09. The van der Waals surface area contributed by atoms with Gasteiger partial charge in [-0.1, -0.05) is 17.8 Å². The quantitative estimate of drug-likeness (QED) is 0.746. The van der Waals surface area contributed by atoms with E-state index in [1.807, 2.05) is 22.4 Å². The molecule has 1 saturated carbocycles. The third-order valence-corrected chi connectivity index (χ3v) is 7.83. The molecule has 3 heterocycles. The minimum absolute atomic E-state index is 0.0166. The number of thioether (sulfide) groups is 1. The summed E-state index contributed by atoms with van der Waals surface area (Å²) in [6.45, 7) is 0. The highest BCUT2D eigenvalue weighted by Gasteiger charge is 2.41. The normalized spacial score (nSPS) is 22.2. The van der Waals surface area contributed by atoms with Gasteiger partial charge in [0.2, 0.25) is 11.1 Å². The Hall–Kier alpha value is -1.39. The lowest BCUT2D eigenvalue weighted by atomic mass is 10.2. The molecule has 2 aliphatic rings. The molecule has 1 aliphatic heterocycles. The van der Waals surface area contributed by atoms with Crippen molar-refractivity contribution in [1.82, 2.24) is 20.1 Å². The van der Waals surface area contributed by atoms with Gasteiger partial charge in [0.05, 0.1) is 22.1 Å². The van der Waals surface area contributed by atoms with Gasteiger partial charge in [-0.05, 0) is 30.7 Å². The van der Waals surface area contributed by atoms with Crippen molar-refractivity contribution in [2.24, 2.45) is 0 Å². The first-order valence-corrected chi connectivity index (χ1v) is 11.8. The molecular weight excluding hydrogens is 380 g/mol. The number of carbonyl (C=O) groups is 1. The van der Waals surface area contributed by atoms with Crippen LogP contribution < -0.4 is 0 Å². The first-order chi connectivity index (χ1) is 12.0. The van der Waals surface area contributed by atoms with Gasteiger partial charge in [-0.2, -0.15) is 0 Å². The van der Waals surface area contributed by atoms with Crippen LogP contribution in [0.15, 0.2) is 22.7 Å². The molecule has 2 aromatic rings. The molecule has 2 fully saturated rings. The zero-order valence-corrected chi connectivity index (χ0v) is 15.9. The zero-order valence-electron chi connectivity index (χ0n) is 13.4. The molecule has 134 valence electrons. The van der Waals surface area contributed by atoms with E-state index in [2.05, 4.69) is 15.2 Å². The Morgan fingerprint density at radius 1 is 1.36 bits per heavy atom. The Morgan fingerprint density at radius 2 is 2.20 bits per heavy atom. The molecule has 1 amide bonds. The molecule has 1 atom stereocenters. The number of carbonyl (C=O) groups excluding carboxylic acids is 1. The van der Waals surface area contributed by atoms with Gasteiger partial charge in [-0.15, -0.1) is 16.4 Å². The van der Waals surface area contributed by atoms with Crippen LogP contribution in [0.1, 0.15) is 19.3 Å². The van der Waals surface area contributed by atoms with Crippen molar-refractivity contribution < 1.29 is 13.2 Å². The highest BCUT2D eigenvalue weighted by atomic mass is 32.2. The molecule has 1 saturated heterocycles. The second-order valence-electron chi connectivity index (χ2n) is 6.32. The van der Waals surface area contributed by atoms with Crippen LogP contribution in [-0.4, -0.2) is 63.7 Å². The van der Waals surface area contributed by atoms with Crippen LogP contribution in [0.2, 0.25) is 0 Å². The first-order valence-electron chi connectivity index (χ1n) is 8.12. The lowest BCUT2D eigenvalue weighted by Crippen LogP contribution is -2.43. The summed E-state index contributed by atoms with van der Waals surface area (Å²) in [5.74, 6) is 1.20. The highest BCUT2D eigenvalue weighted by molar-refractivity contribution is 7.99. The fourth-order valence-corrected chi connectivity index (χ4v) is 6.13. The maximum absolute atomic E-state index is 12.7. The number of amides is 1. The molecule has 25 heavy (non-hydrogen) atoms. The van der Waals surface area contributed by atoms with E-state index in [0.29, 0.717) is 17.4 Å². The van der Waals surface area contributed by atoms with Crippen molar-refractivity contribution in [3.05, 3.63) is 17.5 Å². The molecule has 0 unspecified atom stereocenters. The molecule has 0 aromatic carbocycles. The van der Waals surface area contributed by atoms with E-state index < -0.39 is 9.84 Å². The van der Waals surface area contributed by atoms with E-state index in [-0.39, 0.29) is 35.2 Å². The maximum atomic E-state index is 12.7. The fraction of sp³-hybridized carbons (Fsp3) is 0.533. The van der Waals surface area contributed by atoms with Crippen LogP contribution in [0, 0.1) is 0 Å². The van der Waals surface area contributed by atoms with Crippen LogP contribution in [0.4, 0.5) is 0 Å². The van der Waals surface area contributed by atoms with Crippen molar-refractivity contribution in [1.29, 1.82) is 0 Å². The zero-order chi connectivity index (χ0) is 17.4. The van der Waals surface area contributed by atoms with Crippen LogP contribution in [0.25, 0.3) is 10.7 Å². The van der Waals surface area contributed by atoms with Crippen molar-refractivity contribution >= 4 is 38.8 Å². The van der Waals surface area contributed by atoms with Gasteiger partial charge in [0.25, 0.3) is 0 Å². The smallest absolute Gasteiger partial charge is 0.233 e. The first kappa shape index (κ1) is 17.0. The monoisotopic (exact) mass is 398 g/mol. The van der Waals surface area contributed by atoms with Gasteiger partial charge in [0, 0.05) is 12.1 Å². The van der Waals surface area contributed by atoms with E-state index in [0.717, 1.165) is 17.7 Å². The lowest BCUT2D eigenvalue weighted by molar-refractivity contribution is -0.130. The Morgan fingerprint density at radius 3 is 2.84 bits per heavy atom. The molecule has 4 rings (SSSR count). The number of nitrogens with zero attached hydrogens (tertiary/aromatic N) is 3. The molecule has 2 aromatic heterocycles. The Balaban J connectivity index is 1.39. The minimum atomic E-state index is -3.00. The predicted molar refractivity (Wildman–Crippen MR) is 97.3 cm³/mol. The molecule has 1 N–H and O–H groups in total. The van der Waals surface area contributed by atoms with Crippen LogP contribution >= 0.6 is 23.1 Å². The van der Waals surface area contributed by atoms with Crippen molar-refractivity contribution in [3.63, 3.8) is 0 Å². The summed E-state index contributed by atoms with van der Waals surface area (Å²) in [6, 6.07) is 3.95. The van der Waals surface area contributed by atoms with E-state index in [9.17, 15) is 13.2 Å². The standard InChI is InChI=1S/C15H18N4O3S3/c20-13(19(10-3-4-10)11-5-7-25(21,22)9-11)8-24-15-16-14(17-18-15)12-2-1-6-23-12/h1-2,6,10-11H,3-5,7-9H2,(H,16,17,18)/t11-/m1/s1. The number of H-pyrrole nitrogens is 1. The lowest BCUT2D eigenvalue weighted by Gasteiger charge is -2.28. The Labute approximate surface area is 154 Å². The summed E-state index contributed by atoms with van der Waals surface area (Å²) < 4.78 is 23.5. The van der Waals surface area contributed by atoms with E-state index >= 15 is 0 Å². The van der Waals surface area contributed by atoms with Crippen molar-refractivity contribution in [3.8, 4) is 10.7 Å². The molecule has 10 heteroatoms. The molecule has 0 bridgehead atoms. The van der Waals surface area contributed by atoms with Crippen LogP contribution in [-0.2, 0) is 14.6 Å². The average Bonchev–Trinajstić information content (AvgIpc) is 3.00. The van der Waals surface area contributed by atoms with Gasteiger partial charge in [-0.25, -0.2) is 13.4 Å². The minimum Gasteiger partial charge on any atom is -0.335 e. The number of aromatic amines is 1. The molecule has 1 aliphatic carbocycles. The summed E-state index contributed by atoms with van der Waals surface area (Å²) in [5.41, 5.74) is 0. The summed E-state index contributed by atoms with van der Waals surface area (Å²) in [7, 11) is -3.00. The summed E-state index contributed by atoms with van der Waals surface area (Å²) in [5, 5.41) is 9.54. The van der Waals surface area contributed by atoms with Gasteiger partial charge in [0.1, 0.15) is 0 Å². The van der Waals surface area contributed by atoms with Gasteiger partial charge >= 0.3 is 0 Å². The predicted octanol–water partition coefficient (Wildman–Crippen LogP) is 1.80. The third-order valence-electron chi connectivity index (χ3n) is 4.37. The molecule has 0 radical (unpaired) electrons. The highest BCUT2D eigenvalue weighted by Crippen LogP contribution is 2.33. The Kier molecular flexibility index (Phi) is 4.59. The third kappa shape index (κ3) is 3.90. The molecular formula is C15H18N4O3S3. The maximum Gasteiger partial charge on any atom is 0.233 e.